The molecule has 3 amide bonds. The number of hydrogen-bond acceptors (Lipinski definition) is 4. The molecule has 3 aromatic rings. The van der Waals surface area contributed by atoms with E-state index < -0.39 is 17.9 Å². The van der Waals surface area contributed by atoms with Crippen molar-refractivity contribution in [1.82, 2.24) is 10.8 Å². The van der Waals surface area contributed by atoms with Crippen LogP contribution in [0, 0.1) is 0 Å². The molecule has 0 aromatic heterocycles. The average Bonchev–Trinajstić information content (AvgIpc) is 2.78. The molecular weight excluding hydrogens is 370 g/mol. The molecule has 0 fully saturated rings. The van der Waals surface area contributed by atoms with Crippen LogP contribution in [0.25, 0.3) is 0 Å². The summed E-state index contributed by atoms with van der Waals surface area (Å²) in [5, 5.41) is 14.2. The zero-order chi connectivity index (χ0) is 20.6. The maximum Gasteiger partial charge on any atom is 0.274 e. The van der Waals surface area contributed by atoms with Crippen LogP contribution in [0.4, 0.5) is 5.69 Å². The molecule has 0 radical (unpaired) electrons. The Bertz CT molecular complexity index is 990. The van der Waals surface area contributed by atoms with Gasteiger partial charge in [-0.05, 0) is 42.0 Å². The molecule has 29 heavy (non-hydrogen) atoms. The van der Waals surface area contributed by atoms with Crippen molar-refractivity contribution in [3.05, 3.63) is 102 Å². The molecule has 0 unspecified atom stereocenters. The van der Waals surface area contributed by atoms with Gasteiger partial charge in [0.1, 0.15) is 6.04 Å². The minimum Gasteiger partial charge on any atom is -0.336 e. The summed E-state index contributed by atoms with van der Waals surface area (Å²) in [5.74, 6) is -1.45. The van der Waals surface area contributed by atoms with Gasteiger partial charge >= 0.3 is 0 Å². The average molecular weight is 389 g/mol. The van der Waals surface area contributed by atoms with Crippen molar-refractivity contribution in [2.24, 2.45) is 0 Å². The van der Waals surface area contributed by atoms with Crippen LogP contribution in [0.2, 0.25) is 0 Å². The van der Waals surface area contributed by atoms with Gasteiger partial charge in [0.15, 0.2) is 0 Å². The van der Waals surface area contributed by atoms with Crippen LogP contribution in [0.3, 0.4) is 0 Å². The molecule has 7 heteroatoms. The Morgan fingerprint density at radius 2 is 1.24 bits per heavy atom. The van der Waals surface area contributed by atoms with E-state index in [9.17, 15) is 14.4 Å². The topological polar surface area (TPSA) is 108 Å². The smallest absolute Gasteiger partial charge is 0.274 e. The van der Waals surface area contributed by atoms with Gasteiger partial charge in [-0.15, -0.1) is 0 Å². The highest BCUT2D eigenvalue weighted by atomic mass is 16.5. The van der Waals surface area contributed by atoms with Crippen LogP contribution in [0.5, 0.6) is 0 Å². The van der Waals surface area contributed by atoms with Gasteiger partial charge in [-0.25, -0.2) is 5.48 Å². The second kappa shape index (κ2) is 9.29. The highest BCUT2D eigenvalue weighted by Gasteiger charge is 2.23. The number of carbonyl (C=O) groups excluding carboxylic acids is 3. The second-order valence-electron chi connectivity index (χ2n) is 6.19. The quantitative estimate of drug-likeness (QED) is 0.384. The Labute approximate surface area is 167 Å². The number of nitrogens with one attached hydrogen (secondary N) is 3. The number of amides is 3. The zero-order valence-electron chi connectivity index (χ0n) is 15.3. The van der Waals surface area contributed by atoms with Crippen LogP contribution in [-0.2, 0) is 4.79 Å². The van der Waals surface area contributed by atoms with Crippen molar-refractivity contribution < 1.29 is 19.6 Å². The van der Waals surface area contributed by atoms with E-state index in [0.717, 1.165) is 0 Å². The van der Waals surface area contributed by atoms with Gasteiger partial charge in [0.05, 0.1) is 0 Å². The van der Waals surface area contributed by atoms with E-state index in [1.165, 1.54) is 24.3 Å². The maximum absolute atomic E-state index is 12.9. The summed E-state index contributed by atoms with van der Waals surface area (Å²) in [4.78, 5) is 36.9. The van der Waals surface area contributed by atoms with Crippen LogP contribution >= 0.6 is 0 Å². The lowest BCUT2D eigenvalue weighted by Gasteiger charge is -2.19. The normalized spacial score (nSPS) is 11.2. The fraction of sp³-hybridized carbons (Fsp3) is 0.0455. The molecule has 146 valence electrons. The first kappa shape index (κ1) is 19.8. The first-order valence-corrected chi connectivity index (χ1v) is 8.84. The van der Waals surface area contributed by atoms with Gasteiger partial charge < -0.3 is 10.6 Å². The summed E-state index contributed by atoms with van der Waals surface area (Å²) in [7, 11) is 0. The van der Waals surface area contributed by atoms with Gasteiger partial charge in [-0.1, -0.05) is 48.5 Å². The fourth-order valence-corrected chi connectivity index (χ4v) is 2.73. The molecular formula is C22H19N3O4. The molecule has 3 rings (SSSR count). The maximum atomic E-state index is 12.9. The van der Waals surface area contributed by atoms with E-state index in [0.29, 0.717) is 16.8 Å². The number of rotatable bonds is 6. The number of carbonyl (C=O) groups is 3. The van der Waals surface area contributed by atoms with Crippen molar-refractivity contribution in [3.63, 3.8) is 0 Å². The van der Waals surface area contributed by atoms with Gasteiger partial charge in [0, 0.05) is 16.8 Å². The van der Waals surface area contributed by atoms with Crippen LogP contribution < -0.4 is 16.1 Å². The van der Waals surface area contributed by atoms with Crippen LogP contribution in [0.1, 0.15) is 32.3 Å². The highest BCUT2D eigenvalue weighted by Crippen LogP contribution is 2.18. The Morgan fingerprint density at radius 1 is 0.690 bits per heavy atom. The van der Waals surface area contributed by atoms with Crippen molar-refractivity contribution >= 4 is 23.4 Å². The fourth-order valence-electron chi connectivity index (χ4n) is 2.73. The Morgan fingerprint density at radius 3 is 1.83 bits per heavy atom. The number of hydroxylamine groups is 1. The van der Waals surface area contributed by atoms with E-state index >= 15 is 0 Å². The lowest BCUT2D eigenvalue weighted by atomic mass is 10.0. The second-order valence-corrected chi connectivity index (χ2v) is 6.19. The van der Waals surface area contributed by atoms with Crippen molar-refractivity contribution in [3.8, 4) is 0 Å². The van der Waals surface area contributed by atoms with E-state index in [1.54, 1.807) is 60.1 Å². The minimum absolute atomic E-state index is 0.238. The predicted molar refractivity (Wildman–Crippen MR) is 107 cm³/mol. The van der Waals surface area contributed by atoms with Crippen molar-refractivity contribution in [2.45, 2.75) is 6.04 Å². The van der Waals surface area contributed by atoms with Crippen LogP contribution in [-0.4, -0.2) is 22.9 Å². The summed E-state index contributed by atoms with van der Waals surface area (Å²) in [6, 6.07) is 22.6. The van der Waals surface area contributed by atoms with Crippen LogP contribution in [0.15, 0.2) is 84.9 Å². The molecule has 4 N–H and O–H groups in total. The number of benzene rings is 3. The lowest BCUT2D eigenvalue weighted by molar-refractivity contribution is -0.118. The summed E-state index contributed by atoms with van der Waals surface area (Å²) in [6.07, 6.45) is 0. The van der Waals surface area contributed by atoms with E-state index in [1.807, 2.05) is 6.07 Å². The molecule has 0 aliphatic heterocycles. The van der Waals surface area contributed by atoms with Gasteiger partial charge in [0.25, 0.3) is 17.7 Å². The third kappa shape index (κ3) is 5.06. The molecule has 0 heterocycles. The third-order valence-corrected chi connectivity index (χ3v) is 4.22. The zero-order valence-corrected chi connectivity index (χ0v) is 15.3. The summed E-state index contributed by atoms with van der Waals surface area (Å²) >= 11 is 0. The van der Waals surface area contributed by atoms with Gasteiger partial charge in [0.2, 0.25) is 0 Å². The lowest BCUT2D eigenvalue weighted by Crippen LogP contribution is -2.37. The largest absolute Gasteiger partial charge is 0.336 e. The standard InChI is InChI=1S/C22H19N3O4/c26-20(16-9-5-2-6-10-16)24-19(15-7-3-1-4-8-15)22(28)23-18-13-11-17(12-14-18)21(27)25-29/h1-14,19,29H,(H,23,28)(H,24,26)(H,25,27)/t19-/m0/s1. The molecule has 0 saturated carbocycles. The van der Waals surface area contributed by atoms with Crippen molar-refractivity contribution in [2.75, 3.05) is 5.32 Å². The highest BCUT2D eigenvalue weighted by molar-refractivity contribution is 6.02. The van der Waals surface area contributed by atoms with E-state index in [4.69, 9.17) is 5.21 Å². The molecule has 0 aliphatic carbocycles. The molecule has 0 saturated heterocycles. The SMILES string of the molecule is O=C(NO)c1ccc(NC(=O)[C@@H](NC(=O)c2ccccc2)c2ccccc2)cc1. The Balaban J connectivity index is 1.79. The number of hydrogen-bond donors (Lipinski definition) is 4. The monoisotopic (exact) mass is 389 g/mol. The molecule has 1 atom stereocenters. The van der Waals surface area contributed by atoms with Gasteiger partial charge in [-0.2, -0.15) is 0 Å². The first-order valence-electron chi connectivity index (χ1n) is 8.84. The number of anilines is 1. The Hall–Kier alpha value is -3.97. The summed E-state index contributed by atoms with van der Waals surface area (Å²) in [5.41, 5.74) is 3.30. The molecule has 0 bridgehead atoms. The molecule has 7 nitrogen and oxygen atoms in total. The third-order valence-electron chi connectivity index (χ3n) is 4.22. The predicted octanol–water partition coefficient (Wildman–Crippen LogP) is 2.92. The van der Waals surface area contributed by atoms with E-state index in [2.05, 4.69) is 10.6 Å². The molecule has 0 spiro atoms. The van der Waals surface area contributed by atoms with Crippen molar-refractivity contribution in [1.29, 1.82) is 0 Å². The summed E-state index contributed by atoms with van der Waals surface area (Å²) in [6.45, 7) is 0. The first-order chi connectivity index (χ1) is 14.1. The Kier molecular flexibility index (Phi) is 6.34. The molecule has 0 aliphatic rings. The minimum atomic E-state index is -0.913. The van der Waals surface area contributed by atoms with E-state index in [-0.39, 0.29) is 11.5 Å². The molecule has 3 aromatic carbocycles. The van der Waals surface area contributed by atoms with Gasteiger partial charge in [-0.3, -0.25) is 19.6 Å². The summed E-state index contributed by atoms with van der Waals surface area (Å²) < 4.78 is 0.